The Morgan fingerprint density at radius 3 is 1.63 bits per heavy atom. The molecule has 2 rings (SSSR count). The van der Waals surface area contributed by atoms with Crippen LogP contribution in [0, 0.1) is 0 Å². The van der Waals surface area contributed by atoms with Crippen molar-refractivity contribution in [1.29, 1.82) is 0 Å². The number of carbonyl (C=O) groups is 2. The lowest BCUT2D eigenvalue weighted by Crippen LogP contribution is -2.18. The second-order valence-corrected chi connectivity index (χ2v) is 10.4. The Bertz CT molecular complexity index is 751. The van der Waals surface area contributed by atoms with E-state index in [0.717, 1.165) is 23.7 Å². The summed E-state index contributed by atoms with van der Waals surface area (Å²) in [4.78, 5) is 25.3. The average Bonchev–Trinajstić information content (AvgIpc) is 3.23. The van der Waals surface area contributed by atoms with Crippen LogP contribution in [0.15, 0.2) is 42.0 Å². The van der Waals surface area contributed by atoms with Crippen molar-refractivity contribution in [3.05, 3.63) is 41.6 Å². The zero-order valence-corrected chi connectivity index (χ0v) is 19.1. The second-order valence-electron chi connectivity index (χ2n) is 5.43. The minimum atomic E-state index is -0.127. The topological polar surface area (TPSA) is 82.9 Å². The number of hydrazone groups is 2. The van der Waals surface area contributed by atoms with Gasteiger partial charge in [-0.25, -0.2) is 10.9 Å². The fourth-order valence-electron chi connectivity index (χ4n) is 1.99. The molecule has 0 fully saturated rings. The Hall–Kier alpha value is -1.36. The predicted molar refractivity (Wildman–Crippen MR) is 119 cm³/mol. The molecule has 2 amide bonds. The third kappa shape index (κ3) is 9.41. The first kappa shape index (κ1) is 21.9. The first-order chi connectivity index (χ1) is 13.0. The average molecular weight is 534 g/mol. The van der Waals surface area contributed by atoms with Gasteiger partial charge in [-0.15, -0.1) is 22.7 Å². The first-order valence-corrected chi connectivity index (χ1v) is 11.4. The van der Waals surface area contributed by atoms with E-state index >= 15 is 0 Å². The third-order valence-corrected chi connectivity index (χ3v) is 6.37. The van der Waals surface area contributed by atoms with Gasteiger partial charge in [0.2, 0.25) is 11.8 Å². The molecule has 27 heavy (non-hydrogen) atoms. The van der Waals surface area contributed by atoms with Crippen LogP contribution in [0.25, 0.3) is 0 Å². The van der Waals surface area contributed by atoms with E-state index in [1.165, 1.54) is 22.7 Å². The molecule has 10 heteroatoms. The van der Waals surface area contributed by atoms with Crippen molar-refractivity contribution in [3.8, 4) is 0 Å². The highest BCUT2D eigenvalue weighted by Crippen LogP contribution is 2.21. The Balaban J connectivity index is 1.50. The number of thiophene rings is 2. The maximum Gasteiger partial charge on any atom is 0.240 e. The summed E-state index contributed by atoms with van der Waals surface area (Å²) in [6.45, 7) is 0. The third-order valence-electron chi connectivity index (χ3n) is 3.26. The maximum atomic E-state index is 11.7. The number of nitrogens with zero attached hydrogens (tertiary/aromatic N) is 2. The molecule has 0 atom stereocenters. The highest BCUT2D eigenvalue weighted by molar-refractivity contribution is 9.11. The van der Waals surface area contributed by atoms with Gasteiger partial charge in [0.25, 0.3) is 0 Å². The zero-order chi connectivity index (χ0) is 19.5. The molecule has 6 nitrogen and oxygen atoms in total. The molecule has 0 radical (unpaired) electrons. The van der Waals surface area contributed by atoms with Crippen molar-refractivity contribution in [3.63, 3.8) is 0 Å². The summed E-state index contributed by atoms with van der Waals surface area (Å²) in [5.41, 5.74) is 5.01. The molecule has 0 bridgehead atoms. The molecule has 0 aliphatic rings. The van der Waals surface area contributed by atoms with E-state index in [2.05, 4.69) is 52.9 Å². The maximum absolute atomic E-state index is 11.7. The molecule has 0 aromatic carbocycles. The van der Waals surface area contributed by atoms with Crippen molar-refractivity contribution in [2.24, 2.45) is 10.2 Å². The normalized spacial score (nSPS) is 11.3. The van der Waals surface area contributed by atoms with Gasteiger partial charge in [-0.05, 0) is 69.0 Å². The van der Waals surface area contributed by atoms with Gasteiger partial charge in [-0.2, -0.15) is 10.2 Å². The number of amides is 2. The molecule has 2 aromatic rings. The summed E-state index contributed by atoms with van der Waals surface area (Å²) >= 11 is 9.82. The number of carbonyl (C=O) groups excluding carboxylic acids is 2. The number of halogens is 2. The van der Waals surface area contributed by atoms with Gasteiger partial charge < -0.3 is 0 Å². The first-order valence-electron chi connectivity index (χ1n) is 8.17. The minimum Gasteiger partial charge on any atom is -0.273 e. The van der Waals surface area contributed by atoms with E-state index in [4.69, 9.17) is 0 Å². The predicted octanol–water partition coefficient (Wildman–Crippen LogP) is 4.89. The Morgan fingerprint density at radius 2 is 1.26 bits per heavy atom. The summed E-state index contributed by atoms with van der Waals surface area (Å²) in [5.74, 6) is -0.254. The van der Waals surface area contributed by atoms with Crippen LogP contribution in [-0.2, 0) is 9.59 Å². The lowest BCUT2D eigenvalue weighted by Gasteiger charge is -2.01. The largest absolute Gasteiger partial charge is 0.273 e. The standard InChI is InChI=1S/C17H18Br2N4O2S2/c18-14-8-6-12(26-14)10-20-22-16(24)4-2-1-3-5-17(25)23-21-11-13-7-9-15(19)27-13/h6-11H,1-5H2,(H,22,24)(H,23,25). The van der Waals surface area contributed by atoms with Crippen molar-refractivity contribution in [1.82, 2.24) is 10.9 Å². The Kier molecular flexibility index (Phi) is 9.89. The van der Waals surface area contributed by atoms with Crippen LogP contribution in [0.3, 0.4) is 0 Å². The number of unbranched alkanes of at least 4 members (excludes halogenated alkanes) is 2. The van der Waals surface area contributed by atoms with Crippen LogP contribution >= 0.6 is 54.5 Å². The molecule has 0 saturated carbocycles. The van der Waals surface area contributed by atoms with Crippen LogP contribution in [0.5, 0.6) is 0 Å². The van der Waals surface area contributed by atoms with Gasteiger partial charge in [-0.1, -0.05) is 6.42 Å². The van der Waals surface area contributed by atoms with E-state index in [9.17, 15) is 9.59 Å². The number of nitrogens with one attached hydrogen (secondary N) is 2. The van der Waals surface area contributed by atoms with Crippen LogP contribution in [0.2, 0.25) is 0 Å². The quantitative estimate of drug-likeness (QED) is 0.259. The Morgan fingerprint density at radius 1 is 0.815 bits per heavy atom. The van der Waals surface area contributed by atoms with Gasteiger partial charge in [0.05, 0.1) is 20.0 Å². The molecule has 2 heterocycles. The van der Waals surface area contributed by atoms with Crippen LogP contribution in [0.4, 0.5) is 0 Å². The number of rotatable bonds is 10. The van der Waals surface area contributed by atoms with Gasteiger partial charge in [-0.3, -0.25) is 9.59 Å². The molecule has 0 unspecified atom stereocenters. The van der Waals surface area contributed by atoms with Crippen LogP contribution < -0.4 is 10.9 Å². The van der Waals surface area contributed by atoms with Crippen LogP contribution in [0.1, 0.15) is 41.9 Å². The molecule has 0 aliphatic carbocycles. The van der Waals surface area contributed by atoms with E-state index < -0.39 is 0 Å². The van der Waals surface area contributed by atoms with E-state index in [1.54, 1.807) is 12.4 Å². The number of hydrogen-bond acceptors (Lipinski definition) is 6. The second kappa shape index (κ2) is 12.2. The summed E-state index contributed by atoms with van der Waals surface area (Å²) in [7, 11) is 0. The zero-order valence-electron chi connectivity index (χ0n) is 14.3. The van der Waals surface area contributed by atoms with Crippen molar-refractivity contribution in [2.75, 3.05) is 0 Å². The monoisotopic (exact) mass is 532 g/mol. The number of hydrogen-bond donors (Lipinski definition) is 2. The molecule has 2 aromatic heterocycles. The minimum absolute atomic E-state index is 0.127. The molecular weight excluding hydrogens is 516 g/mol. The fourth-order valence-corrected chi connectivity index (χ4v) is 4.58. The lowest BCUT2D eigenvalue weighted by molar-refractivity contribution is -0.121. The SMILES string of the molecule is O=C(CCCCCC(=O)NN=Cc1ccc(Br)s1)NN=Cc1ccc(Br)s1. The van der Waals surface area contributed by atoms with Gasteiger partial charge >= 0.3 is 0 Å². The summed E-state index contributed by atoms with van der Waals surface area (Å²) < 4.78 is 2.04. The fraction of sp³-hybridized carbons (Fsp3) is 0.294. The molecule has 0 spiro atoms. The van der Waals surface area contributed by atoms with Crippen LogP contribution in [-0.4, -0.2) is 24.2 Å². The molecule has 144 valence electrons. The molecule has 0 aliphatic heterocycles. The highest BCUT2D eigenvalue weighted by atomic mass is 79.9. The summed E-state index contributed by atoms with van der Waals surface area (Å²) in [6, 6.07) is 7.69. The molecule has 2 N–H and O–H groups in total. The van der Waals surface area contributed by atoms with Crippen molar-refractivity contribution < 1.29 is 9.59 Å². The molecular formula is C17H18Br2N4O2S2. The van der Waals surface area contributed by atoms with Crippen molar-refractivity contribution in [2.45, 2.75) is 32.1 Å². The van der Waals surface area contributed by atoms with E-state index in [-0.39, 0.29) is 11.8 Å². The van der Waals surface area contributed by atoms with E-state index in [0.29, 0.717) is 25.7 Å². The molecule has 0 saturated heterocycles. The summed E-state index contributed by atoms with van der Waals surface area (Å²) in [6.07, 6.45) is 6.23. The van der Waals surface area contributed by atoms with Crippen molar-refractivity contribution >= 4 is 78.8 Å². The smallest absolute Gasteiger partial charge is 0.240 e. The summed E-state index contributed by atoms with van der Waals surface area (Å²) in [5, 5.41) is 7.85. The Labute approximate surface area is 182 Å². The van der Waals surface area contributed by atoms with Gasteiger partial charge in [0.15, 0.2) is 0 Å². The van der Waals surface area contributed by atoms with Gasteiger partial charge in [0.1, 0.15) is 0 Å². The highest BCUT2D eigenvalue weighted by Gasteiger charge is 2.03. The lowest BCUT2D eigenvalue weighted by atomic mass is 10.1. The van der Waals surface area contributed by atoms with Gasteiger partial charge in [0, 0.05) is 22.6 Å². The van der Waals surface area contributed by atoms with E-state index in [1.807, 2.05) is 24.3 Å².